The van der Waals surface area contributed by atoms with Crippen LogP contribution in [-0.4, -0.2) is 44.8 Å². The van der Waals surface area contributed by atoms with Gasteiger partial charge in [0.1, 0.15) is 5.60 Å². The molecule has 2 aromatic heterocycles. The summed E-state index contributed by atoms with van der Waals surface area (Å²) in [6.45, 7) is 6.83. The lowest BCUT2D eigenvalue weighted by Crippen LogP contribution is -2.42. The third kappa shape index (κ3) is 3.53. The molecule has 1 atom stereocenters. The van der Waals surface area contributed by atoms with Gasteiger partial charge in [-0.15, -0.1) is 0 Å². The second-order valence-corrected chi connectivity index (χ2v) is 7.41. The van der Waals surface area contributed by atoms with Crippen molar-refractivity contribution in [3.63, 3.8) is 0 Å². The topological polar surface area (TPSA) is 78.5 Å². The molecule has 24 heavy (non-hydrogen) atoms. The molecular weight excluding hydrogens is 306 g/mol. The Hall–Kier alpha value is -2.08. The van der Waals surface area contributed by atoms with Gasteiger partial charge in [0.2, 0.25) is 0 Å². The molecule has 1 aliphatic rings. The van der Waals surface area contributed by atoms with Crippen LogP contribution < -0.4 is 0 Å². The molecule has 1 amide bonds. The van der Waals surface area contributed by atoms with Crippen molar-refractivity contribution in [2.24, 2.45) is 5.92 Å². The van der Waals surface area contributed by atoms with Crippen LogP contribution in [-0.2, 0) is 4.74 Å². The molecule has 0 aromatic carbocycles. The third-order valence-electron chi connectivity index (χ3n) is 4.47. The first kappa shape index (κ1) is 16.8. The lowest BCUT2D eigenvalue weighted by molar-refractivity contribution is 0.00784. The number of carbonyl (C=O) groups excluding carboxylic acids is 1. The smallest absolute Gasteiger partial charge is 0.410 e. The summed E-state index contributed by atoms with van der Waals surface area (Å²) in [7, 11) is 0. The average Bonchev–Trinajstić information content (AvgIpc) is 2.97. The maximum Gasteiger partial charge on any atom is 0.410 e. The Labute approximate surface area is 141 Å². The fourth-order valence-electron chi connectivity index (χ4n) is 3.22. The summed E-state index contributed by atoms with van der Waals surface area (Å²) in [5.41, 5.74) is 1.35. The predicted molar refractivity (Wildman–Crippen MR) is 91.6 cm³/mol. The summed E-state index contributed by atoms with van der Waals surface area (Å²) in [4.78, 5) is 21.1. The van der Waals surface area contributed by atoms with Gasteiger partial charge in [-0.3, -0.25) is 4.98 Å². The molecule has 0 radical (unpaired) electrons. The highest BCUT2D eigenvalue weighted by atomic mass is 16.6. The van der Waals surface area contributed by atoms with E-state index in [2.05, 4.69) is 9.97 Å². The molecule has 2 N–H and O–H groups in total. The number of aromatic amines is 1. The number of hydrogen-bond acceptors (Lipinski definition) is 4. The average molecular weight is 331 g/mol. The Morgan fingerprint density at radius 3 is 2.79 bits per heavy atom. The van der Waals surface area contributed by atoms with Crippen LogP contribution in [0.3, 0.4) is 0 Å². The second-order valence-electron chi connectivity index (χ2n) is 7.41. The van der Waals surface area contributed by atoms with E-state index in [1.165, 1.54) is 0 Å². The molecule has 1 aliphatic heterocycles. The van der Waals surface area contributed by atoms with Crippen molar-refractivity contribution in [1.82, 2.24) is 14.9 Å². The van der Waals surface area contributed by atoms with Crippen LogP contribution in [0.25, 0.3) is 10.9 Å². The molecule has 3 heterocycles. The number of nitrogens with zero attached hydrogens (tertiary/aromatic N) is 2. The number of aliphatic hydroxyl groups is 1. The number of H-pyrrole nitrogens is 1. The maximum absolute atomic E-state index is 12.1. The highest BCUT2D eigenvalue weighted by molar-refractivity contribution is 5.82. The minimum Gasteiger partial charge on any atom is -0.444 e. The van der Waals surface area contributed by atoms with E-state index < -0.39 is 11.7 Å². The first-order chi connectivity index (χ1) is 11.3. The number of hydrogen-bond donors (Lipinski definition) is 2. The Morgan fingerprint density at radius 1 is 1.42 bits per heavy atom. The van der Waals surface area contributed by atoms with E-state index in [4.69, 9.17) is 4.74 Å². The van der Waals surface area contributed by atoms with Crippen molar-refractivity contribution in [1.29, 1.82) is 0 Å². The number of ether oxygens (including phenoxy) is 1. The maximum atomic E-state index is 12.1. The van der Waals surface area contributed by atoms with Crippen molar-refractivity contribution >= 4 is 17.0 Å². The van der Waals surface area contributed by atoms with Crippen molar-refractivity contribution in [2.45, 2.75) is 45.3 Å². The zero-order valence-electron chi connectivity index (χ0n) is 14.5. The fraction of sp³-hybridized carbons (Fsp3) is 0.556. The van der Waals surface area contributed by atoms with Crippen LogP contribution in [0.4, 0.5) is 4.79 Å². The zero-order valence-corrected chi connectivity index (χ0v) is 14.5. The molecule has 1 unspecified atom stereocenters. The molecule has 0 spiro atoms. The van der Waals surface area contributed by atoms with E-state index in [9.17, 15) is 9.90 Å². The van der Waals surface area contributed by atoms with Gasteiger partial charge in [-0.05, 0) is 45.6 Å². The van der Waals surface area contributed by atoms with Gasteiger partial charge >= 0.3 is 6.09 Å². The standard InChI is InChI=1S/C18H25N3O3/c1-18(2,3)24-17(23)21-8-5-12(6-9-21)16(22)14-10-20-15-11-19-7-4-13(14)15/h4,7,10-12,16,20,22H,5-6,8-9H2,1-3H3. The van der Waals surface area contributed by atoms with Crippen molar-refractivity contribution in [3.05, 3.63) is 30.2 Å². The van der Waals surface area contributed by atoms with Crippen molar-refractivity contribution in [2.75, 3.05) is 13.1 Å². The zero-order chi connectivity index (χ0) is 17.3. The van der Waals surface area contributed by atoms with Crippen LogP contribution in [0.1, 0.15) is 45.3 Å². The Kier molecular flexibility index (Phi) is 4.49. The second kappa shape index (κ2) is 6.43. The van der Waals surface area contributed by atoms with Crippen LogP contribution in [0.2, 0.25) is 0 Å². The first-order valence-electron chi connectivity index (χ1n) is 8.42. The summed E-state index contributed by atoms with van der Waals surface area (Å²) < 4.78 is 5.42. The highest BCUT2D eigenvalue weighted by Crippen LogP contribution is 2.34. The molecule has 0 saturated carbocycles. The van der Waals surface area contributed by atoms with E-state index >= 15 is 0 Å². The normalized spacial score (nSPS) is 17.9. The largest absolute Gasteiger partial charge is 0.444 e. The van der Waals surface area contributed by atoms with Gasteiger partial charge in [0.25, 0.3) is 0 Å². The van der Waals surface area contributed by atoms with E-state index in [1.54, 1.807) is 17.3 Å². The number of amides is 1. The van der Waals surface area contributed by atoms with Gasteiger partial charge in [0, 0.05) is 36.4 Å². The number of aromatic nitrogens is 2. The summed E-state index contributed by atoms with van der Waals surface area (Å²) in [6.07, 6.45) is 6.07. The van der Waals surface area contributed by atoms with Gasteiger partial charge in [0.15, 0.2) is 0 Å². The molecule has 3 rings (SSSR count). The molecule has 1 fully saturated rings. The Morgan fingerprint density at radius 2 is 2.12 bits per heavy atom. The van der Waals surface area contributed by atoms with Crippen molar-refractivity contribution < 1.29 is 14.6 Å². The third-order valence-corrected chi connectivity index (χ3v) is 4.47. The molecule has 1 saturated heterocycles. The highest BCUT2D eigenvalue weighted by Gasteiger charge is 2.31. The van der Waals surface area contributed by atoms with E-state index in [0.29, 0.717) is 13.1 Å². The van der Waals surface area contributed by atoms with Gasteiger partial charge in [-0.25, -0.2) is 4.79 Å². The molecule has 6 heteroatoms. The molecule has 6 nitrogen and oxygen atoms in total. The first-order valence-corrected chi connectivity index (χ1v) is 8.42. The van der Waals surface area contributed by atoms with Crippen LogP contribution in [0.5, 0.6) is 0 Å². The number of rotatable bonds is 2. The van der Waals surface area contributed by atoms with Crippen molar-refractivity contribution in [3.8, 4) is 0 Å². The summed E-state index contributed by atoms with van der Waals surface area (Å²) >= 11 is 0. The Balaban J connectivity index is 1.63. The van der Waals surface area contributed by atoms with Crippen LogP contribution >= 0.6 is 0 Å². The quantitative estimate of drug-likeness (QED) is 0.885. The fourth-order valence-corrected chi connectivity index (χ4v) is 3.22. The van der Waals surface area contributed by atoms with Gasteiger partial charge < -0.3 is 19.7 Å². The SMILES string of the molecule is CC(C)(C)OC(=O)N1CCC(C(O)c2c[nH]c3cnccc23)CC1. The van der Waals surface area contributed by atoms with E-state index in [-0.39, 0.29) is 12.0 Å². The lowest BCUT2D eigenvalue weighted by atomic mass is 9.87. The van der Waals surface area contributed by atoms with Gasteiger partial charge in [0.05, 0.1) is 17.8 Å². The molecule has 130 valence electrons. The van der Waals surface area contributed by atoms with E-state index in [1.807, 2.05) is 33.0 Å². The van der Waals surface area contributed by atoms with Crippen LogP contribution in [0, 0.1) is 5.92 Å². The number of likely N-dealkylation sites (tertiary alicyclic amines) is 1. The number of pyridine rings is 1. The number of aliphatic hydroxyl groups excluding tert-OH is 1. The predicted octanol–water partition coefficient (Wildman–Crippen LogP) is 3.24. The number of fused-ring (bicyclic) bond motifs is 1. The van der Waals surface area contributed by atoms with Crippen LogP contribution in [0.15, 0.2) is 24.7 Å². The summed E-state index contributed by atoms with van der Waals surface area (Å²) in [5.74, 6) is 0.135. The summed E-state index contributed by atoms with van der Waals surface area (Å²) in [5, 5.41) is 11.8. The monoisotopic (exact) mass is 331 g/mol. The van der Waals surface area contributed by atoms with Gasteiger partial charge in [-0.1, -0.05) is 0 Å². The minimum atomic E-state index is -0.540. The number of carbonyl (C=O) groups is 1. The molecule has 0 aliphatic carbocycles. The van der Waals surface area contributed by atoms with Gasteiger partial charge in [-0.2, -0.15) is 0 Å². The molecule has 0 bridgehead atoms. The number of nitrogens with one attached hydrogen (secondary N) is 1. The number of piperidine rings is 1. The molecular formula is C18H25N3O3. The Bertz CT molecular complexity index is 712. The summed E-state index contributed by atoms with van der Waals surface area (Å²) in [6, 6.07) is 1.92. The lowest BCUT2D eigenvalue weighted by Gasteiger charge is -2.35. The minimum absolute atomic E-state index is 0.135. The van der Waals surface area contributed by atoms with E-state index in [0.717, 1.165) is 29.3 Å². The molecule has 2 aromatic rings.